The minimum Gasteiger partial charge on any atom is -0.478 e. The Morgan fingerprint density at radius 1 is 1.33 bits per heavy atom. The highest BCUT2D eigenvalue weighted by atomic mass is 16.4. The molecule has 4 heteroatoms. The van der Waals surface area contributed by atoms with Crippen molar-refractivity contribution >= 4 is 22.7 Å². The summed E-state index contributed by atoms with van der Waals surface area (Å²) in [5.41, 5.74) is 1.04. The fourth-order valence-electron chi connectivity index (χ4n) is 2.18. The first-order valence-electron chi connectivity index (χ1n) is 6.03. The van der Waals surface area contributed by atoms with Crippen molar-refractivity contribution in [3.63, 3.8) is 0 Å². The molecular weight excluding hydrogens is 228 g/mol. The van der Waals surface area contributed by atoms with E-state index >= 15 is 0 Å². The van der Waals surface area contributed by atoms with Crippen molar-refractivity contribution in [2.24, 2.45) is 0 Å². The SMILES string of the molecule is CN(c1ccc2c(C(=O)O)cccc2n1)C1CC1. The van der Waals surface area contributed by atoms with Crippen LogP contribution in [0.3, 0.4) is 0 Å². The third kappa shape index (κ3) is 1.79. The van der Waals surface area contributed by atoms with E-state index in [1.165, 1.54) is 12.8 Å². The Morgan fingerprint density at radius 3 is 2.78 bits per heavy atom. The number of pyridine rings is 1. The maximum absolute atomic E-state index is 11.1. The van der Waals surface area contributed by atoms with E-state index in [4.69, 9.17) is 5.11 Å². The van der Waals surface area contributed by atoms with Crippen molar-refractivity contribution in [3.05, 3.63) is 35.9 Å². The lowest BCUT2D eigenvalue weighted by atomic mass is 10.1. The van der Waals surface area contributed by atoms with Gasteiger partial charge in [0, 0.05) is 18.5 Å². The Bertz CT molecular complexity index is 620. The molecule has 0 aliphatic heterocycles. The van der Waals surface area contributed by atoms with E-state index in [1.54, 1.807) is 12.1 Å². The molecule has 1 N–H and O–H groups in total. The van der Waals surface area contributed by atoms with Crippen molar-refractivity contribution in [1.82, 2.24) is 4.98 Å². The maximum Gasteiger partial charge on any atom is 0.336 e. The molecule has 18 heavy (non-hydrogen) atoms. The molecule has 1 heterocycles. The average molecular weight is 242 g/mol. The average Bonchev–Trinajstić information content (AvgIpc) is 3.20. The number of carbonyl (C=O) groups is 1. The monoisotopic (exact) mass is 242 g/mol. The molecule has 0 unspecified atom stereocenters. The summed E-state index contributed by atoms with van der Waals surface area (Å²) in [6.45, 7) is 0. The van der Waals surface area contributed by atoms with Crippen molar-refractivity contribution in [1.29, 1.82) is 0 Å². The molecular formula is C14H14N2O2. The number of rotatable bonds is 3. The van der Waals surface area contributed by atoms with Gasteiger partial charge in [-0.15, -0.1) is 0 Å². The summed E-state index contributed by atoms with van der Waals surface area (Å²) >= 11 is 0. The first-order chi connectivity index (χ1) is 8.66. The molecule has 1 aliphatic carbocycles. The minimum absolute atomic E-state index is 0.306. The normalized spacial score (nSPS) is 14.7. The van der Waals surface area contributed by atoms with Gasteiger partial charge < -0.3 is 10.0 Å². The fourth-order valence-corrected chi connectivity index (χ4v) is 2.18. The van der Waals surface area contributed by atoms with Gasteiger partial charge in [0.1, 0.15) is 5.82 Å². The molecule has 0 atom stereocenters. The molecule has 0 radical (unpaired) electrons. The molecule has 4 nitrogen and oxygen atoms in total. The Kier molecular flexibility index (Phi) is 2.44. The summed E-state index contributed by atoms with van der Waals surface area (Å²) in [6, 6.07) is 9.53. The molecule has 0 saturated heterocycles. The summed E-state index contributed by atoms with van der Waals surface area (Å²) in [6.07, 6.45) is 2.43. The Hall–Kier alpha value is -2.10. The number of benzene rings is 1. The quantitative estimate of drug-likeness (QED) is 0.898. The lowest BCUT2D eigenvalue weighted by Crippen LogP contribution is -2.20. The number of fused-ring (bicyclic) bond motifs is 1. The molecule has 1 aromatic heterocycles. The molecule has 0 bridgehead atoms. The fraction of sp³-hybridized carbons (Fsp3) is 0.286. The van der Waals surface area contributed by atoms with Crippen LogP contribution in [0.15, 0.2) is 30.3 Å². The number of carboxylic acids is 1. The van der Waals surface area contributed by atoms with Crippen LogP contribution in [0.4, 0.5) is 5.82 Å². The molecule has 3 rings (SSSR count). The zero-order valence-corrected chi connectivity index (χ0v) is 10.1. The van der Waals surface area contributed by atoms with Gasteiger partial charge >= 0.3 is 5.97 Å². The van der Waals surface area contributed by atoms with Gasteiger partial charge in [0.05, 0.1) is 11.1 Å². The first kappa shape index (κ1) is 11.0. The van der Waals surface area contributed by atoms with Crippen LogP contribution in [0.5, 0.6) is 0 Å². The predicted molar refractivity (Wildman–Crippen MR) is 70.1 cm³/mol. The Morgan fingerprint density at radius 2 is 2.11 bits per heavy atom. The van der Waals surface area contributed by atoms with E-state index < -0.39 is 5.97 Å². The maximum atomic E-state index is 11.1. The van der Waals surface area contributed by atoms with Gasteiger partial charge in [-0.05, 0) is 37.1 Å². The van der Waals surface area contributed by atoms with Crippen molar-refractivity contribution in [2.75, 3.05) is 11.9 Å². The van der Waals surface area contributed by atoms with Gasteiger partial charge in [-0.25, -0.2) is 9.78 Å². The first-order valence-corrected chi connectivity index (χ1v) is 6.03. The molecule has 1 fully saturated rings. The topological polar surface area (TPSA) is 53.4 Å². The molecule has 1 aromatic carbocycles. The summed E-state index contributed by atoms with van der Waals surface area (Å²) in [5.74, 6) is -0.00163. The largest absolute Gasteiger partial charge is 0.478 e. The number of hydrogen-bond donors (Lipinski definition) is 1. The Labute approximate surface area is 105 Å². The Balaban J connectivity index is 2.10. The van der Waals surface area contributed by atoms with E-state index in [0.717, 1.165) is 11.3 Å². The lowest BCUT2D eigenvalue weighted by Gasteiger charge is -2.17. The summed E-state index contributed by atoms with van der Waals surface area (Å²) < 4.78 is 0. The number of carboxylic acid groups (broad SMARTS) is 1. The number of nitrogens with zero attached hydrogens (tertiary/aromatic N) is 2. The number of hydrogen-bond acceptors (Lipinski definition) is 3. The summed E-state index contributed by atoms with van der Waals surface area (Å²) in [4.78, 5) is 17.8. The van der Waals surface area contributed by atoms with Gasteiger partial charge in [0.2, 0.25) is 0 Å². The van der Waals surface area contributed by atoms with Crippen LogP contribution in [0.1, 0.15) is 23.2 Å². The van der Waals surface area contributed by atoms with Gasteiger partial charge in [-0.2, -0.15) is 0 Å². The number of aromatic carboxylic acids is 1. The van der Waals surface area contributed by atoms with Gasteiger partial charge in [0.25, 0.3) is 0 Å². The van der Waals surface area contributed by atoms with Crippen LogP contribution in [0.25, 0.3) is 10.9 Å². The van der Waals surface area contributed by atoms with Crippen molar-refractivity contribution in [3.8, 4) is 0 Å². The molecule has 92 valence electrons. The van der Waals surface area contributed by atoms with Gasteiger partial charge in [-0.1, -0.05) is 6.07 Å². The zero-order chi connectivity index (χ0) is 12.7. The molecule has 0 amide bonds. The highest BCUT2D eigenvalue weighted by Crippen LogP contribution is 2.30. The molecule has 1 aliphatic rings. The van der Waals surface area contributed by atoms with E-state index in [2.05, 4.69) is 9.88 Å². The number of aromatic nitrogens is 1. The van der Waals surface area contributed by atoms with Crippen LogP contribution in [0.2, 0.25) is 0 Å². The third-order valence-electron chi connectivity index (χ3n) is 3.40. The minimum atomic E-state index is -0.911. The molecule has 0 spiro atoms. The highest BCUT2D eigenvalue weighted by molar-refractivity contribution is 6.02. The van der Waals surface area contributed by atoms with Crippen LogP contribution in [0, 0.1) is 0 Å². The summed E-state index contributed by atoms with van der Waals surface area (Å²) in [5, 5.41) is 9.81. The van der Waals surface area contributed by atoms with Gasteiger partial charge in [-0.3, -0.25) is 0 Å². The second-order valence-electron chi connectivity index (χ2n) is 4.69. The van der Waals surface area contributed by atoms with Crippen LogP contribution >= 0.6 is 0 Å². The smallest absolute Gasteiger partial charge is 0.336 e. The predicted octanol–water partition coefficient (Wildman–Crippen LogP) is 2.53. The number of anilines is 1. The van der Waals surface area contributed by atoms with Gasteiger partial charge in [0.15, 0.2) is 0 Å². The second-order valence-corrected chi connectivity index (χ2v) is 4.69. The molecule has 1 saturated carbocycles. The highest BCUT2D eigenvalue weighted by Gasteiger charge is 2.27. The lowest BCUT2D eigenvalue weighted by molar-refractivity contribution is 0.0699. The van der Waals surface area contributed by atoms with E-state index in [0.29, 0.717) is 17.0 Å². The standard InChI is InChI=1S/C14H14N2O2/c1-16(9-5-6-9)13-8-7-10-11(14(17)18)3-2-4-12(10)15-13/h2-4,7-9H,5-6H2,1H3,(H,17,18). The van der Waals surface area contributed by atoms with Crippen LogP contribution in [-0.4, -0.2) is 29.1 Å². The van der Waals surface area contributed by atoms with Crippen molar-refractivity contribution < 1.29 is 9.90 Å². The molecule has 2 aromatic rings. The van der Waals surface area contributed by atoms with Crippen LogP contribution in [-0.2, 0) is 0 Å². The van der Waals surface area contributed by atoms with Crippen LogP contribution < -0.4 is 4.90 Å². The van der Waals surface area contributed by atoms with Crippen molar-refractivity contribution in [2.45, 2.75) is 18.9 Å². The second kappa shape index (κ2) is 3.98. The van der Waals surface area contributed by atoms with E-state index in [9.17, 15) is 4.79 Å². The zero-order valence-electron chi connectivity index (χ0n) is 10.1. The third-order valence-corrected chi connectivity index (χ3v) is 3.40. The van der Waals surface area contributed by atoms with E-state index in [-0.39, 0.29) is 0 Å². The van der Waals surface area contributed by atoms with E-state index in [1.807, 2.05) is 25.2 Å². The summed E-state index contributed by atoms with van der Waals surface area (Å²) in [7, 11) is 2.03.